The van der Waals surface area contributed by atoms with Gasteiger partial charge < -0.3 is 9.47 Å². The maximum Gasteiger partial charge on any atom is 0.269 e. The number of nitrogens with two attached hydrogens (primary N) is 1. The first-order valence-corrected chi connectivity index (χ1v) is 7.55. The Kier molecular flexibility index (Phi) is 7.61. The van der Waals surface area contributed by atoms with Gasteiger partial charge in [0.1, 0.15) is 11.5 Å². The van der Waals surface area contributed by atoms with E-state index in [2.05, 4.69) is 19.3 Å². The fraction of sp³-hybridized carbons (Fsp3) is 0.562. The van der Waals surface area contributed by atoms with Gasteiger partial charge in [-0.25, -0.2) is 5.84 Å². The number of carbonyl (C=O) groups is 1. The number of hydrogen-bond donors (Lipinski definition) is 2. The first kappa shape index (κ1) is 17.3. The molecule has 0 aliphatic heterocycles. The first-order valence-electron chi connectivity index (χ1n) is 7.55. The zero-order valence-corrected chi connectivity index (χ0v) is 13.2. The van der Waals surface area contributed by atoms with E-state index >= 15 is 0 Å². The minimum atomic E-state index is -0.348. The van der Waals surface area contributed by atoms with Crippen molar-refractivity contribution in [2.75, 3.05) is 13.2 Å². The highest BCUT2D eigenvalue weighted by molar-refractivity contribution is 5.98. The zero-order valence-electron chi connectivity index (χ0n) is 13.2. The van der Waals surface area contributed by atoms with Crippen LogP contribution in [-0.4, -0.2) is 19.1 Å². The zero-order chi connectivity index (χ0) is 15.7. The smallest absolute Gasteiger partial charge is 0.269 e. The van der Waals surface area contributed by atoms with E-state index in [1.165, 1.54) is 0 Å². The van der Waals surface area contributed by atoms with Crippen molar-refractivity contribution < 1.29 is 14.3 Å². The van der Waals surface area contributed by atoms with Crippen LogP contribution in [0.1, 0.15) is 55.5 Å². The summed E-state index contributed by atoms with van der Waals surface area (Å²) in [6.45, 7) is 7.28. The van der Waals surface area contributed by atoms with Gasteiger partial charge in [-0.3, -0.25) is 10.2 Å². The number of carbonyl (C=O) groups excluding carboxylic acids is 1. The summed E-state index contributed by atoms with van der Waals surface area (Å²) < 4.78 is 11.4. The predicted molar refractivity (Wildman–Crippen MR) is 83.6 cm³/mol. The molecule has 0 bridgehead atoms. The van der Waals surface area contributed by atoms with Crippen LogP contribution in [0.2, 0.25) is 0 Å². The summed E-state index contributed by atoms with van der Waals surface area (Å²) >= 11 is 0. The normalized spacial score (nSPS) is 10.3. The topological polar surface area (TPSA) is 73.6 Å². The Morgan fingerprint density at radius 3 is 2.33 bits per heavy atom. The van der Waals surface area contributed by atoms with Crippen molar-refractivity contribution in [3.8, 4) is 11.5 Å². The highest BCUT2D eigenvalue weighted by Gasteiger charge is 2.17. The maximum atomic E-state index is 11.9. The molecule has 0 atom stereocenters. The Labute approximate surface area is 126 Å². The number of rotatable bonds is 9. The molecule has 1 amide bonds. The molecule has 1 aromatic carbocycles. The van der Waals surface area contributed by atoms with Gasteiger partial charge in [-0.15, -0.1) is 0 Å². The quantitative estimate of drug-likeness (QED) is 0.318. The van der Waals surface area contributed by atoms with Crippen molar-refractivity contribution in [3.05, 3.63) is 23.3 Å². The van der Waals surface area contributed by atoms with E-state index in [0.29, 0.717) is 24.5 Å². The number of hydrogen-bond acceptors (Lipinski definition) is 4. The van der Waals surface area contributed by atoms with Crippen molar-refractivity contribution in [1.29, 1.82) is 0 Å². The lowest BCUT2D eigenvalue weighted by Gasteiger charge is -2.15. The van der Waals surface area contributed by atoms with E-state index in [1.807, 2.05) is 13.0 Å². The second kappa shape index (κ2) is 9.23. The standard InChI is InChI=1S/C16H26N2O3/c1-4-6-8-20-13-10-12(3)15(16(19)18-17)14(11-13)21-9-7-5-2/h10-11H,4-9,17H2,1-3H3,(H,18,19). The molecule has 0 aliphatic rings. The summed E-state index contributed by atoms with van der Waals surface area (Å²) in [6.07, 6.45) is 4.04. The number of benzene rings is 1. The molecule has 1 rings (SSSR count). The van der Waals surface area contributed by atoms with E-state index in [0.717, 1.165) is 37.0 Å². The lowest BCUT2D eigenvalue weighted by Crippen LogP contribution is -2.31. The molecule has 118 valence electrons. The Bertz CT molecular complexity index is 461. The fourth-order valence-corrected chi connectivity index (χ4v) is 1.94. The van der Waals surface area contributed by atoms with Crippen LogP contribution in [0, 0.1) is 6.92 Å². The van der Waals surface area contributed by atoms with Crippen molar-refractivity contribution in [3.63, 3.8) is 0 Å². The fourth-order valence-electron chi connectivity index (χ4n) is 1.94. The van der Waals surface area contributed by atoms with Crippen LogP contribution in [-0.2, 0) is 0 Å². The van der Waals surface area contributed by atoms with Crippen molar-refractivity contribution in [1.82, 2.24) is 5.43 Å². The SMILES string of the molecule is CCCCOc1cc(C)c(C(=O)NN)c(OCCCC)c1. The Morgan fingerprint density at radius 2 is 1.76 bits per heavy atom. The monoisotopic (exact) mass is 294 g/mol. The van der Waals surface area contributed by atoms with Gasteiger partial charge in [0.2, 0.25) is 0 Å². The van der Waals surface area contributed by atoms with Crippen LogP contribution in [0.15, 0.2) is 12.1 Å². The van der Waals surface area contributed by atoms with Crippen LogP contribution in [0.4, 0.5) is 0 Å². The van der Waals surface area contributed by atoms with Gasteiger partial charge >= 0.3 is 0 Å². The van der Waals surface area contributed by atoms with E-state index in [4.69, 9.17) is 15.3 Å². The molecule has 21 heavy (non-hydrogen) atoms. The average molecular weight is 294 g/mol. The average Bonchev–Trinajstić information content (AvgIpc) is 2.47. The molecular formula is C16H26N2O3. The molecule has 0 radical (unpaired) electrons. The minimum Gasteiger partial charge on any atom is -0.493 e. The predicted octanol–water partition coefficient (Wildman–Crippen LogP) is 2.96. The van der Waals surface area contributed by atoms with Gasteiger partial charge in [-0.1, -0.05) is 26.7 Å². The summed E-state index contributed by atoms with van der Waals surface area (Å²) in [5.74, 6) is 6.15. The van der Waals surface area contributed by atoms with Crippen LogP contribution < -0.4 is 20.7 Å². The molecule has 0 fully saturated rings. The number of hydrazine groups is 1. The molecule has 5 nitrogen and oxygen atoms in total. The first-order chi connectivity index (χ1) is 10.1. The summed E-state index contributed by atoms with van der Waals surface area (Å²) in [4.78, 5) is 11.9. The summed E-state index contributed by atoms with van der Waals surface area (Å²) in [5.41, 5.74) is 3.42. The minimum absolute atomic E-state index is 0.348. The third-order valence-corrected chi connectivity index (χ3v) is 3.15. The van der Waals surface area contributed by atoms with Gasteiger partial charge in [0.15, 0.2) is 0 Å². The largest absolute Gasteiger partial charge is 0.493 e. The van der Waals surface area contributed by atoms with Crippen LogP contribution in [0.3, 0.4) is 0 Å². The van der Waals surface area contributed by atoms with E-state index in [1.54, 1.807) is 6.07 Å². The summed E-state index contributed by atoms with van der Waals surface area (Å²) in [5, 5.41) is 0. The Hall–Kier alpha value is -1.75. The van der Waals surface area contributed by atoms with Crippen LogP contribution in [0.5, 0.6) is 11.5 Å². The number of unbranched alkanes of at least 4 members (excludes halogenated alkanes) is 2. The van der Waals surface area contributed by atoms with Crippen LogP contribution in [0.25, 0.3) is 0 Å². The van der Waals surface area contributed by atoms with Gasteiger partial charge in [0.25, 0.3) is 5.91 Å². The van der Waals surface area contributed by atoms with Crippen molar-refractivity contribution in [2.45, 2.75) is 46.5 Å². The van der Waals surface area contributed by atoms with Crippen LogP contribution >= 0.6 is 0 Å². The van der Waals surface area contributed by atoms with Gasteiger partial charge in [0, 0.05) is 6.07 Å². The molecule has 0 spiro atoms. The lowest BCUT2D eigenvalue weighted by atomic mass is 10.1. The molecule has 3 N–H and O–H groups in total. The molecule has 0 aliphatic carbocycles. The van der Waals surface area contributed by atoms with Gasteiger partial charge in [0.05, 0.1) is 18.8 Å². The summed E-state index contributed by atoms with van der Waals surface area (Å²) in [6, 6.07) is 3.61. The maximum absolute atomic E-state index is 11.9. The third-order valence-electron chi connectivity index (χ3n) is 3.15. The Morgan fingerprint density at radius 1 is 1.14 bits per heavy atom. The number of aryl methyl sites for hydroxylation is 1. The number of nitrogen functional groups attached to an aromatic ring is 1. The van der Waals surface area contributed by atoms with Gasteiger partial charge in [-0.05, 0) is 31.4 Å². The summed E-state index contributed by atoms with van der Waals surface area (Å²) in [7, 11) is 0. The second-order valence-electron chi connectivity index (χ2n) is 4.99. The third kappa shape index (κ3) is 5.27. The molecule has 0 saturated carbocycles. The number of ether oxygens (including phenoxy) is 2. The Balaban J connectivity index is 2.97. The van der Waals surface area contributed by atoms with Gasteiger partial charge in [-0.2, -0.15) is 0 Å². The van der Waals surface area contributed by atoms with E-state index in [9.17, 15) is 4.79 Å². The second-order valence-corrected chi connectivity index (χ2v) is 4.99. The van der Waals surface area contributed by atoms with E-state index < -0.39 is 0 Å². The highest BCUT2D eigenvalue weighted by Crippen LogP contribution is 2.29. The molecule has 0 aromatic heterocycles. The highest BCUT2D eigenvalue weighted by atomic mass is 16.5. The van der Waals surface area contributed by atoms with Crippen molar-refractivity contribution >= 4 is 5.91 Å². The van der Waals surface area contributed by atoms with Crippen molar-refractivity contribution in [2.24, 2.45) is 5.84 Å². The molecule has 5 heteroatoms. The molecule has 0 unspecified atom stereocenters. The molecular weight excluding hydrogens is 268 g/mol. The molecule has 1 aromatic rings. The lowest BCUT2D eigenvalue weighted by molar-refractivity contribution is 0.0948. The molecule has 0 saturated heterocycles. The van der Waals surface area contributed by atoms with E-state index in [-0.39, 0.29) is 5.91 Å². The molecule has 0 heterocycles. The number of nitrogens with one attached hydrogen (secondary N) is 1. The number of amides is 1.